The zero-order chi connectivity index (χ0) is 15.5. The van der Waals surface area contributed by atoms with E-state index in [-0.39, 0.29) is 11.5 Å². The second-order valence-corrected chi connectivity index (χ2v) is 7.31. The summed E-state index contributed by atoms with van der Waals surface area (Å²) in [5.41, 5.74) is 0.651. The summed E-state index contributed by atoms with van der Waals surface area (Å²) < 4.78 is 0. The van der Waals surface area contributed by atoms with E-state index in [2.05, 4.69) is 22.2 Å². The number of aromatic nitrogens is 2. The van der Waals surface area contributed by atoms with Crippen LogP contribution >= 0.6 is 11.8 Å². The van der Waals surface area contributed by atoms with Crippen LogP contribution in [-0.4, -0.2) is 27.7 Å². The first kappa shape index (κ1) is 15.6. The Morgan fingerprint density at radius 2 is 2.09 bits per heavy atom. The van der Waals surface area contributed by atoms with Crippen molar-refractivity contribution in [3.05, 3.63) is 22.1 Å². The maximum Gasteiger partial charge on any atom is 0.251 e. The van der Waals surface area contributed by atoms with Gasteiger partial charge in [0.15, 0.2) is 5.16 Å². The molecule has 6 heteroatoms. The highest BCUT2D eigenvalue weighted by atomic mass is 32.2. The molecule has 0 unspecified atom stereocenters. The van der Waals surface area contributed by atoms with Crippen molar-refractivity contribution in [2.24, 2.45) is 11.8 Å². The lowest BCUT2D eigenvalue weighted by atomic mass is 10.1. The number of H-pyrrole nitrogens is 1. The van der Waals surface area contributed by atoms with Crippen LogP contribution in [0.5, 0.6) is 0 Å². The summed E-state index contributed by atoms with van der Waals surface area (Å²) in [6.45, 7) is 2.05. The Kier molecular flexibility index (Phi) is 4.86. The Morgan fingerprint density at radius 3 is 2.68 bits per heavy atom. The van der Waals surface area contributed by atoms with E-state index in [0.717, 1.165) is 18.5 Å². The molecule has 1 heterocycles. The highest BCUT2D eigenvalue weighted by molar-refractivity contribution is 7.99. The molecule has 2 aliphatic rings. The normalized spacial score (nSPS) is 17.7. The molecule has 1 amide bonds. The Bertz CT molecular complexity index is 581. The molecule has 0 atom stereocenters. The van der Waals surface area contributed by atoms with E-state index in [1.807, 2.05) is 0 Å². The van der Waals surface area contributed by atoms with Crippen molar-refractivity contribution < 1.29 is 4.79 Å². The lowest BCUT2D eigenvalue weighted by Gasteiger charge is -2.17. The van der Waals surface area contributed by atoms with Crippen molar-refractivity contribution in [1.82, 2.24) is 15.3 Å². The quantitative estimate of drug-likeness (QED) is 0.568. The van der Waals surface area contributed by atoms with Crippen molar-refractivity contribution in [2.75, 3.05) is 5.75 Å². The van der Waals surface area contributed by atoms with Crippen LogP contribution in [0, 0.1) is 11.8 Å². The van der Waals surface area contributed by atoms with E-state index >= 15 is 0 Å². The highest BCUT2D eigenvalue weighted by Gasteiger charge is 2.42. The summed E-state index contributed by atoms with van der Waals surface area (Å²) in [5, 5.41) is 3.73. The minimum Gasteiger partial charge on any atom is -0.352 e. The first-order valence-electron chi connectivity index (χ1n) is 8.18. The Balaban J connectivity index is 1.52. The number of hydrogen-bond acceptors (Lipinski definition) is 4. The molecule has 2 N–H and O–H groups in total. The van der Waals surface area contributed by atoms with Crippen LogP contribution in [0.2, 0.25) is 0 Å². The van der Waals surface area contributed by atoms with E-state index < -0.39 is 0 Å². The third-order valence-electron chi connectivity index (χ3n) is 4.21. The number of thioether (sulfide) groups is 1. The molecule has 120 valence electrons. The molecule has 5 nitrogen and oxygen atoms in total. The number of nitrogens with zero attached hydrogens (tertiary/aromatic N) is 1. The number of carbonyl (C=O) groups excluding carboxylic acids is 1. The van der Waals surface area contributed by atoms with E-state index in [9.17, 15) is 9.59 Å². The molecule has 2 fully saturated rings. The molecule has 22 heavy (non-hydrogen) atoms. The molecule has 0 aliphatic heterocycles. The topological polar surface area (TPSA) is 74.8 Å². The zero-order valence-corrected chi connectivity index (χ0v) is 13.7. The van der Waals surface area contributed by atoms with Crippen molar-refractivity contribution in [3.63, 3.8) is 0 Å². The summed E-state index contributed by atoms with van der Waals surface area (Å²) >= 11 is 1.31. The summed E-state index contributed by atoms with van der Waals surface area (Å²) in [7, 11) is 0. The van der Waals surface area contributed by atoms with Gasteiger partial charge in [0.25, 0.3) is 5.56 Å². The molecule has 0 spiro atoms. The monoisotopic (exact) mass is 321 g/mol. The fraction of sp³-hybridized carbons (Fsp3) is 0.688. The van der Waals surface area contributed by atoms with Crippen LogP contribution in [0.1, 0.15) is 44.7 Å². The number of carbonyl (C=O) groups is 1. The lowest BCUT2D eigenvalue weighted by molar-refractivity contribution is -0.119. The molecular formula is C16H23N3O2S. The molecule has 0 aromatic carbocycles. The van der Waals surface area contributed by atoms with Crippen molar-refractivity contribution >= 4 is 17.7 Å². The molecule has 0 saturated heterocycles. The zero-order valence-electron chi connectivity index (χ0n) is 12.9. The molecular weight excluding hydrogens is 298 g/mol. The Labute approximate surface area is 134 Å². The van der Waals surface area contributed by atoms with Gasteiger partial charge in [-0.05, 0) is 43.9 Å². The molecule has 0 bridgehead atoms. The summed E-state index contributed by atoms with van der Waals surface area (Å²) in [6.07, 6.45) is 6.75. The second kappa shape index (κ2) is 6.86. The number of amides is 1. The highest BCUT2D eigenvalue weighted by Crippen LogP contribution is 2.44. The Hall–Kier alpha value is -1.30. The molecule has 0 radical (unpaired) electrons. The number of nitrogens with one attached hydrogen (secondary N) is 2. The average Bonchev–Trinajstić information content (AvgIpc) is 3.36. The summed E-state index contributed by atoms with van der Waals surface area (Å²) in [5.74, 6) is 1.77. The van der Waals surface area contributed by atoms with Crippen LogP contribution in [0.25, 0.3) is 0 Å². The van der Waals surface area contributed by atoms with Gasteiger partial charge >= 0.3 is 0 Å². The number of aryl methyl sites for hydroxylation is 1. The van der Waals surface area contributed by atoms with Gasteiger partial charge in [0.1, 0.15) is 0 Å². The number of aromatic amines is 1. The fourth-order valence-corrected chi connectivity index (χ4v) is 3.53. The predicted octanol–water partition coefficient (Wildman–Crippen LogP) is 2.12. The summed E-state index contributed by atoms with van der Waals surface area (Å²) in [6, 6.07) is 1.91. The minimum absolute atomic E-state index is 0.0531. The molecule has 2 saturated carbocycles. The maximum atomic E-state index is 12.1. The van der Waals surface area contributed by atoms with E-state index in [0.29, 0.717) is 28.8 Å². The van der Waals surface area contributed by atoms with Crippen LogP contribution in [-0.2, 0) is 11.2 Å². The van der Waals surface area contributed by atoms with Gasteiger partial charge in [0, 0.05) is 17.8 Å². The molecule has 1 aromatic heterocycles. The van der Waals surface area contributed by atoms with Crippen LogP contribution in [0.4, 0.5) is 0 Å². The lowest BCUT2D eigenvalue weighted by Crippen LogP contribution is -2.39. The van der Waals surface area contributed by atoms with E-state index in [1.165, 1.54) is 43.5 Å². The number of rotatable bonds is 8. The van der Waals surface area contributed by atoms with Gasteiger partial charge in [-0.3, -0.25) is 9.59 Å². The van der Waals surface area contributed by atoms with Crippen molar-refractivity contribution in [1.29, 1.82) is 0 Å². The third kappa shape index (κ3) is 4.35. The van der Waals surface area contributed by atoms with E-state index in [4.69, 9.17) is 0 Å². The molecule has 3 rings (SSSR count). The third-order valence-corrected chi connectivity index (χ3v) is 5.08. The van der Waals surface area contributed by atoms with E-state index in [1.54, 1.807) is 0 Å². The Morgan fingerprint density at radius 1 is 1.41 bits per heavy atom. The standard InChI is InChI=1S/C16H23N3O2S/c1-2-3-12-8-13(20)19-16(17-12)22-9-14(21)18-15(10-4-5-10)11-6-7-11/h8,10-11,15H,2-7,9H2,1H3,(H,18,21)(H,17,19,20). The number of hydrogen-bond donors (Lipinski definition) is 2. The summed E-state index contributed by atoms with van der Waals surface area (Å²) in [4.78, 5) is 30.8. The van der Waals surface area contributed by atoms with Crippen LogP contribution < -0.4 is 10.9 Å². The van der Waals surface area contributed by atoms with Gasteiger partial charge in [-0.1, -0.05) is 25.1 Å². The van der Waals surface area contributed by atoms with Crippen LogP contribution in [0.3, 0.4) is 0 Å². The van der Waals surface area contributed by atoms with Gasteiger partial charge in [0.2, 0.25) is 5.91 Å². The first-order chi connectivity index (χ1) is 10.7. The largest absolute Gasteiger partial charge is 0.352 e. The van der Waals surface area contributed by atoms with Gasteiger partial charge < -0.3 is 10.3 Å². The maximum absolute atomic E-state index is 12.1. The SMILES string of the molecule is CCCc1cc(=O)[nH]c(SCC(=O)NC(C2CC2)C2CC2)n1. The first-order valence-corrected chi connectivity index (χ1v) is 9.16. The fourth-order valence-electron chi connectivity index (χ4n) is 2.83. The van der Waals surface area contributed by atoms with Gasteiger partial charge in [0.05, 0.1) is 5.75 Å². The predicted molar refractivity (Wildman–Crippen MR) is 87.0 cm³/mol. The van der Waals surface area contributed by atoms with Crippen molar-refractivity contribution in [3.8, 4) is 0 Å². The van der Waals surface area contributed by atoms with Crippen molar-refractivity contribution in [2.45, 2.75) is 56.6 Å². The smallest absolute Gasteiger partial charge is 0.251 e. The van der Waals surface area contributed by atoms with Gasteiger partial charge in [-0.2, -0.15) is 0 Å². The van der Waals surface area contributed by atoms with Crippen LogP contribution in [0.15, 0.2) is 16.0 Å². The molecule has 1 aromatic rings. The van der Waals surface area contributed by atoms with Gasteiger partial charge in [-0.25, -0.2) is 4.98 Å². The average molecular weight is 321 g/mol. The minimum atomic E-state index is -0.143. The van der Waals surface area contributed by atoms with Gasteiger partial charge in [-0.15, -0.1) is 0 Å². The molecule has 2 aliphatic carbocycles. The second-order valence-electron chi connectivity index (χ2n) is 6.35.